The van der Waals surface area contributed by atoms with Crippen molar-refractivity contribution in [1.29, 1.82) is 0 Å². The molecule has 0 fully saturated rings. The molecule has 0 N–H and O–H groups in total. The summed E-state index contributed by atoms with van der Waals surface area (Å²) in [5.41, 5.74) is 3.86. The molecule has 1 aliphatic heterocycles. The molecule has 0 aliphatic carbocycles. The van der Waals surface area contributed by atoms with E-state index in [1.807, 2.05) is 60.0 Å². The molecule has 0 atom stereocenters. The van der Waals surface area contributed by atoms with E-state index in [4.69, 9.17) is 11.6 Å². The Kier molecular flexibility index (Phi) is 5.74. The summed E-state index contributed by atoms with van der Waals surface area (Å²) in [6.07, 6.45) is 0. The monoisotopic (exact) mass is 474 g/mol. The van der Waals surface area contributed by atoms with E-state index in [2.05, 4.69) is 10.2 Å². The smallest absolute Gasteiger partial charge is 0.261 e. The fraction of sp³-hybridized carbons (Fsp3) is 0.120. The molecule has 33 heavy (non-hydrogen) atoms. The van der Waals surface area contributed by atoms with Gasteiger partial charge in [-0.05, 0) is 55.0 Å². The Hall–Kier alpha value is -3.42. The number of fused-ring (bicyclic) bond motifs is 1. The SMILES string of the molecule is Cc1ccccc1-n1c(SCCN2C(=O)c3ccccc3C2=O)nnc1-c1ccc(Cl)cc1. The number of aryl methyl sites for hydroxylation is 1. The molecule has 2 heterocycles. The van der Waals surface area contributed by atoms with Gasteiger partial charge in [-0.15, -0.1) is 10.2 Å². The minimum absolute atomic E-state index is 0.251. The molecule has 0 spiro atoms. The van der Waals surface area contributed by atoms with Crippen LogP contribution in [0.5, 0.6) is 0 Å². The van der Waals surface area contributed by atoms with Crippen molar-refractivity contribution in [2.45, 2.75) is 12.1 Å². The van der Waals surface area contributed by atoms with Crippen LogP contribution in [0, 0.1) is 6.92 Å². The summed E-state index contributed by atoms with van der Waals surface area (Å²) in [6, 6.07) is 22.4. The van der Waals surface area contributed by atoms with Gasteiger partial charge >= 0.3 is 0 Å². The summed E-state index contributed by atoms with van der Waals surface area (Å²) < 4.78 is 2.01. The van der Waals surface area contributed by atoms with Crippen molar-refractivity contribution in [2.75, 3.05) is 12.3 Å². The number of hydrogen-bond donors (Lipinski definition) is 0. The van der Waals surface area contributed by atoms with E-state index < -0.39 is 0 Å². The minimum atomic E-state index is -0.251. The van der Waals surface area contributed by atoms with E-state index in [-0.39, 0.29) is 18.4 Å². The number of imide groups is 1. The molecular formula is C25H19ClN4O2S. The van der Waals surface area contributed by atoms with Gasteiger partial charge < -0.3 is 0 Å². The number of hydrogen-bond acceptors (Lipinski definition) is 5. The average molecular weight is 475 g/mol. The van der Waals surface area contributed by atoms with Gasteiger partial charge in [0.15, 0.2) is 11.0 Å². The van der Waals surface area contributed by atoms with E-state index in [9.17, 15) is 9.59 Å². The molecule has 2 amide bonds. The van der Waals surface area contributed by atoms with Crippen molar-refractivity contribution in [3.8, 4) is 17.1 Å². The maximum Gasteiger partial charge on any atom is 0.261 e. The highest BCUT2D eigenvalue weighted by Crippen LogP contribution is 2.31. The number of para-hydroxylation sites is 1. The normalized spacial score (nSPS) is 13.0. The topological polar surface area (TPSA) is 68.1 Å². The summed E-state index contributed by atoms with van der Waals surface area (Å²) in [6.45, 7) is 2.32. The molecule has 4 aromatic rings. The molecule has 6 nitrogen and oxygen atoms in total. The summed E-state index contributed by atoms with van der Waals surface area (Å²) in [4.78, 5) is 26.6. The third-order valence-corrected chi connectivity index (χ3v) is 6.68. The lowest BCUT2D eigenvalue weighted by molar-refractivity contribution is 0.0664. The highest BCUT2D eigenvalue weighted by molar-refractivity contribution is 7.99. The van der Waals surface area contributed by atoms with Gasteiger partial charge in [0.2, 0.25) is 0 Å². The Bertz CT molecular complexity index is 1330. The van der Waals surface area contributed by atoms with Gasteiger partial charge in [0.05, 0.1) is 16.8 Å². The Morgan fingerprint density at radius 3 is 2.15 bits per heavy atom. The molecule has 0 saturated heterocycles. The van der Waals surface area contributed by atoms with Gasteiger partial charge in [-0.25, -0.2) is 0 Å². The zero-order valence-corrected chi connectivity index (χ0v) is 19.3. The summed E-state index contributed by atoms with van der Waals surface area (Å²) in [5.74, 6) is 0.692. The predicted octanol–water partition coefficient (Wildman–Crippen LogP) is 5.28. The zero-order chi connectivity index (χ0) is 22.9. The van der Waals surface area contributed by atoms with Crippen LogP contribution in [-0.4, -0.2) is 43.8 Å². The van der Waals surface area contributed by atoms with Crippen LogP contribution in [0.2, 0.25) is 5.02 Å². The number of amides is 2. The van der Waals surface area contributed by atoms with Gasteiger partial charge in [-0.1, -0.05) is 53.7 Å². The lowest BCUT2D eigenvalue weighted by atomic mass is 10.1. The van der Waals surface area contributed by atoms with Crippen LogP contribution in [0.15, 0.2) is 78.0 Å². The minimum Gasteiger partial charge on any atom is -0.273 e. The summed E-state index contributed by atoms with van der Waals surface area (Å²) in [7, 11) is 0. The molecule has 0 saturated carbocycles. The lowest BCUT2D eigenvalue weighted by Crippen LogP contribution is -2.31. The van der Waals surface area contributed by atoms with Crippen molar-refractivity contribution < 1.29 is 9.59 Å². The first-order valence-electron chi connectivity index (χ1n) is 10.4. The van der Waals surface area contributed by atoms with Gasteiger partial charge in [0.25, 0.3) is 11.8 Å². The number of carbonyl (C=O) groups excluding carboxylic acids is 2. The first kappa shape index (κ1) is 21.4. The Balaban J connectivity index is 1.42. The van der Waals surface area contributed by atoms with E-state index in [0.717, 1.165) is 16.8 Å². The maximum atomic E-state index is 12.7. The first-order valence-corrected chi connectivity index (χ1v) is 11.8. The van der Waals surface area contributed by atoms with Gasteiger partial charge in [-0.3, -0.25) is 19.1 Å². The Labute approximate surface area is 200 Å². The van der Waals surface area contributed by atoms with Crippen LogP contribution in [-0.2, 0) is 0 Å². The summed E-state index contributed by atoms with van der Waals surface area (Å²) in [5, 5.41) is 10.2. The van der Waals surface area contributed by atoms with E-state index in [0.29, 0.717) is 32.9 Å². The van der Waals surface area contributed by atoms with Crippen molar-refractivity contribution in [2.24, 2.45) is 0 Å². The highest BCUT2D eigenvalue weighted by atomic mass is 35.5. The van der Waals surface area contributed by atoms with E-state index in [1.54, 1.807) is 24.3 Å². The Morgan fingerprint density at radius 1 is 0.848 bits per heavy atom. The number of rotatable bonds is 6. The molecule has 8 heteroatoms. The molecule has 0 radical (unpaired) electrons. The summed E-state index contributed by atoms with van der Waals surface area (Å²) >= 11 is 7.52. The maximum absolute atomic E-state index is 12.7. The van der Waals surface area contributed by atoms with Crippen molar-refractivity contribution in [3.05, 3.63) is 94.5 Å². The number of halogens is 1. The van der Waals surface area contributed by atoms with Crippen LogP contribution in [0.3, 0.4) is 0 Å². The second kappa shape index (κ2) is 8.84. The number of benzene rings is 3. The molecule has 0 bridgehead atoms. The first-order chi connectivity index (χ1) is 16.0. The second-order valence-corrected chi connectivity index (χ2v) is 9.09. The number of nitrogens with zero attached hydrogens (tertiary/aromatic N) is 4. The van der Waals surface area contributed by atoms with Crippen LogP contribution in [0.1, 0.15) is 26.3 Å². The number of thioether (sulfide) groups is 1. The highest BCUT2D eigenvalue weighted by Gasteiger charge is 2.34. The largest absolute Gasteiger partial charge is 0.273 e. The molecular weight excluding hydrogens is 456 g/mol. The fourth-order valence-corrected chi connectivity index (χ4v) is 4.85. The fourth-order valence-electron chi connectivity index (χ4n) is 3.85. The standard InChI is InChI=1S/C25H19ClN4O2S/c1-16-6-2-5-9-21(16)30-22(17-10-12-18(26)13-11-17)27-28-25(30)33-15-14-29-23(31)19-7-3-4-8-20(19)24(29)32/h2-13H,14-15H2,1H3. The quantitative estimate of drug-likeness (QED) is 0.281. The Morgan fingerprint density at radius 2 is 1.48 bits per heavy atom. The van der Waals surface area contributed by atoms with Gasteiger partial charge in [0, 0.05) is 22.9 Å². The van der Waals surface area contributed by atoms with Crippen LogP contribution in [0.25, 0.3) is 17.1 Å². The third kappa shape index (κ3) is 3.94. The molecule has 0 unspecified atom stereocenters. The molecule has 3 aromatic carbocycles. The van der Waals surface area contributed by atoms with E-state index in [1.165, 1.54) is 16.7 Å². The third-order valence-electron chi connectivity index (χ3n) is 5.52. The van der Waals surface area contributed by atoms with Crippen molar-refractivity contribution in [3.63, 3.8) is 0 Å². The predicted molar refractivity (Wildman–Crippen MR) is 129 cm³/mol. The molecule has 1 aromatic heterocycles. The molecule has 1 aliphatic rings. The average Bonchev–Trinajstić information content (AvgIpc) is 3.35. The molecule has 5 rings (SSSR count). The van der Waals surface area contributed by atoms with Crippen LogP contribution >= 0.6 is 23.4 Å². The second-order valence-electron chi connectivity index (χ2n) is 7.59. The van der Waals surface area contributed by atoms with Gasteiger partial charge in [0.1, 0.15) is 0 Å². The van der Waals surface area contributed by atoms with Crippen LogP contribution in [0.4, 0.5) is 0 Å². The lowest BCUT2D eigenvalue weighted by Gasteiger charge is -2.15. The number of aromatic nitrogens is 3. The number of carbonyl (C=O) groups is 2. The van der Waals surface area contributed by atoms with E-state index >= 15 is 0 Å². The van der Waals surface area contributed by atoms with Crippen LogP contribution < -0.4 is 0 Å². The van der Waals surface area contributed by atoms with Gasteiger partial charge in [-0.2, -0.15) is 0 Å². The van der Waals surface area contributed by atoms with Crippen molar-refractivity contribution in [1.82, 2.24) is 19.7 Å². The van der Waals surface area contributed by atoms with Crippen molar-refractivity contribution >= 4 is 35.2 Å². The molecule has 164 valence electrons. The zero-order valence-electron chi connectivity index (χ0n) is 17.7.